The van der Waals surface area contributed by atoms with Crippen LogP contribution in [-0.2, 0) is 0 Å². The molecular weight excluding hydrogens is 239 g/mol. The SMILES string of the molecule is CCCCCCCC(NN)c1c(C)cc(C)cc1F. The zero-order valence-corrected chi connectivity index (χ0v) is 12.4. The van der Waals surface area contributed by atoms with Gasteiger partial charge in [0.25, 0.3) is 0 Å². The molecule has 0 aliphatic rings. The fraction of sp³-hybridized carbons (Fsp3) is 0.625. The van der Waals surface area contributed by atoms with Gasteiger partial charge < -0.3 is 0 Å². The van der Waals surface area contributed by atoms with Gasteiger partial charge in [-0.05, 0) is 37.5 Å². The minimum absolute atomic E-state index is 0.0813. The maximum atomic E-state index is 14.1. The highest BCUT2D eigenvalue weighted by molar-refractivity contribution is 5.34. The normalized spacial score (nSPS) is 12.7. The van der Waals surface area contributed by atoms with Crippen LogP contribution in [0.25, 0.3) is 0 Å². The van der Waals surface area contributed by atoms with Crippen LogP contribution in [0.4, 0.5) is 4.39 Å². The van der Waals surface area contributed by atoms with Crippen LogP contribution in [0.15, 0.2) is 12.1 Å². The molecule has 3 N–H and O–H groups in total. The van der Waals surface area contributed by atoms with E-state index in [0.717, 1.165) is 29.5 Å². The summed E-state index contributed by atoms with van der Waals surface area (Å²) in [5.41, 5.74) is 5.43. The van der Waals surface area contributed by atoms with Crippen LogP contribution in [0.3, 0.4) is 0 Å². The highest BCUT2D eigenvalue weighted by atomic mass is 19.1. The number of aryl methyl sites for hydroxylation is 2. The predicted octanol–water partition coefficient (Wildman–Crippen LogP) is 4.31. The van der Waals surface area contributed by atoms with Crippen molar-refractivity contribution in [2.24, 2.45) is 5.84 Å². The minimum Gasteiger partial charge on any atom is -0.271 e. The molecule has 1 unspecified atom stereocenters. The number of nitrogens with two attached hydrogens (primary N) is 1. The first-order chi connectivity index (χ1) is 9.10. The molecule has 0 saturated heterocycles. The van der Waals surface area contributed by atoms with Crippen molar-refractivity contribution < 1.29 is 4.39 Å². The fourth-order valence-corrected chi connectivity index (χ4v) is 2.63. The van der Waals surface area contributed by atoms with Gasteiger partial charge >= 0.3 is 0 Å². The van der Waals surface area contributed by atoms with E-state index in [1.54, 1.807) is 6.07 Å². The molecule has 0 radical (unpaired) electrons. The van der Waals surface area contributed by atoms with Gasteiger partial charge in [-0.1, -0.05) is 45.1 Å². The third kappa shape index (κ3) is 4.92. The van der Waals surface area contributed by atoms with E-state index in [4.69, 9.17) is 5.84 Å². The zero-order chi connectivity index (χ0) is 14.3. The molecule has 0 bridgehead atoms. The van der Waals surface area contributed by atoms with Gasteiger partial charge in [0.1, 0.15) is 5.82 Å². The molecule has 0 fully saturated rings. The Bertz CT molecular complexity index is 367. The van der Waals surface area contributed by atoms with Crippen molar-refractivity contribution in [1.29, 1.82) is 0 Å². The summed E-state index contributed by atoms with van der Waals surface area (Å²) >= 11 is 0. The summed E-state index contributed by atoms with van der Waals surface area (Å²) in [4.78, 5) is 0. The molecule has 3 heteroatoms. The molecule has 0 spiro atoms. The first-order valence-corrected chi connectivity index (χ1v) is 7.33. The number of halogens is 1. The Morgan fingerprint density at radius 1 is 1.16 bits per heavy atom. The number of hydrogen-bond donors (Lipinski definition) is 2. The van der Waals surface area contributed by atoms with Gasteiger partial charge in [-0.15, -0.1) is 0 Å². The summed E-state index contributed by atoms with van der Waals surface area (Å²) in [7, 11) is 0. The number of hydrogen-bond acceptors (Lipinski definition) is 2. The molecule has 1 rings (SSSR count). The average molecular weight is 266 g/mol. The Morgan fingerprint density at radius 3 is 2.42 bits per heavy atom. The Balaban J connectivity index is 2.64. The van der Waals surface area contributed by atoms with Crippen LogP contribution in [-0.4, -0.2) is 0 Å². The van der Waals surface area contributed by atoms with Gasteiger partial charge in [0, 0.05) is 11.6 Å². The fourth-order valence-electron chi connectivity index (χ4n) is 2.63. The molecule has 0 amide bonds. The van der Waals surface area contributed by atoms with E-state index in [1.165, 1.54) is 25.7 Å². The van der Waals surface area contributed by atoms with Crippen LogP contribution in [0.5, 0.6) is 0 Å². The summed E-state index contributed by atoms with van der Waals surface area (Å²) in [6.07, 6.45) is 6.94. The van der Waals surface area contributed by atoms with E-state index < -0.39 is 0 Å². The van der Waals surface area contributed by atoms with Crippen molar-refractivity contribution in [3.8, 4) is 0 Å². The molecule has 108 valence electrons. The number of unbranched alkanes of at least 4 members (excludes halogenated alkanes) is 4. The molecule has 0 heterocycles. The molecule has 1 aromatic rings. The van der Waals surface area contributed by atoms with E-state index in [2.05, 4.69) is 12.3 Å². The van der Waals surface area contributed by atoms with E-state index >= 15 is 0 Å². The number of hydrazine groups is 1. The lowest BCUT2D eigenvalue weighted by atomic mass is 9.94. The van der Waals surface area contributed by atoms with Crippen LogP contribution in [0.1, 0.15) is 68.2 Å². The van der Waals surface area contributed by atoms with E-state index in [0.29, 0.717) is 0 Å². The third-order valence-electron chi connectivity index (χ3n) is 3.63. The highest BCUT2D eigenvalue weighted by Gasteiger charge is 2.17. The van der Waals surface area contributed by atoms with E-state index in [9.17, 15) is 4.39 Å². The molecule has 0 aliphatic heterocycles. The molecule has 0 aliphatic carbocycles. The monoisotopic (exact) mass is 266 g/mol. The van der Waals surface area contributed by atoms with Crippen molar-refractivity contribution in [2.45, 2.75) is 65.3 Å². The van der Waals surface area contributed by atoms with Crippen LogP contribution >= 0.6 is 0 Å². The van der Waals surface area contributed by atoms with Crippen LogP contribution in [0.2, 0.25) is 0 Å². The van der Waals surface area contributed by atoms with Crippen molar-refractivity contribution in [1.82, 2.24) is 5.43 Å². The highest BCUT2D eigenvalue weighted by Crippen LogP contribution is 2.26. The molecular formula is C16H27FN2. The lowest BCUT2D eigenvalue weighted by molar-refractivity contribution is 0.456. The van der Waals surface area contributed by atoms with Crippen molar-refractivity contribution in [3.05, 3.63) is 34.6 Å². The summed E-state index contributed by atoms with van der Waals surface area (Å²) in [6, 6.07) is 3.52. The Labute approximate surface area is 116 Å². The quantitative estimate of drug-likeness (QED) is 0.418. The lowest BCUT2D eigenvalue weighted by Gasteiger charge is -2.20. The molecule has 1 aromatic carbocycles. The smallest absolute Gasteiger partial charge is 0.128 e. The van der Waals surface area contributed by atoms with Gasteiger partial charge in [-0.25, -0.2) is 4.39 Å². The number of nitrogens with one attached hydrogen (secondary N) is 1. The first kappa shape index (κ1) is 16.1. The minimum atomic E-state index is -0.144. The van der Waals surface area contributed by atoms with Crippen molar-refractivity contribution in [2.75, 3.05) is 0 Å². The lowest BCUT2D eigenvalue weighted by Crippen LogP contribution is -2.29. The van der Waals surface area contributed by atoms with Crippen LogP contribution < -0.4 is 11.3 Å². The molecule has 1 atom stereocenters. The summed E-state index contributed by atoms with van der Waals surface area (Å²) in [6.45, 7) is 6.07. The number of benzene rings is 1. The van der Waals surface area contributed by atoms with Gasteiger partial charge in [0.05, 0.1) is 0 Å². The molecule has 0 aromatic heterocycles. The van der Waals surface area contributed by atoms with E-state index in [-0.39, 0.29) is 11.9 Å². The summed E-state index contributed by atoms with van der Waals surface area (Å²) in [5.74, 6) is 5.46. The van der Waals surface area contributed by atoms with E-state index in [1.807, 2.05) is 19.9 Å². The second-order valence-corrected chi connectivity index (χ2v) is 5.40. The largest absolute Gasteiger partial charge is 0.271 e. The summed E-state index contributed by atoms with van der Waals surface area (Å²) in [5, 5.41) is 0. The van der Waals surface area contributed by atoms with Crippen LogP contribution in [0, 0.1) is 19.7 Å². The predicted molar refractivity (Wildman–Crippen MR) is 79.3 cm³/mol. The molecule has 0 saturated carbocycles. The molecule has 2 nitrogen and oxygen atoms in total. The van der Waals surface area contributed by atoms with Crippen molar-refractivity contribution >= 4 is 0 Å². The topological polar surface area (TPSA) is 38.0 Å². The van der Waals surface area contributed by atoms with Gasteiger partial charge in [-0.2, -0.15) is 0 Å². The maximum absolute atomic E-state index is 14.1. The first-order valence-electron chi connectivity index (χ1n) is 7.33. The third-order valence-corrected chi connectivity index (χ3v) is 3.63. The van der Waals surface area contributed by atoms with Crippen molar-refractivity contribution in [3.63, 3.8) is 0 Å². The number of rotatable bonds is 8. The Morgan fingerprint density at radius 2 is 1.84 bits per heavy atom. The zero-order valence-electron chi connectivity index (χ0n) is 12.4. The van der Waals surface area contributed by atoms with Gasteiger partial charge in [-0.3, -0.25) is 11.3 Å². The Kier molecular flexibility index (Phi) is 7.03. The second kappa shape index (κ2) is 8.28. The Hall–Kier alpha value is -0.930. The van der Waals surface area contributed by atoms with Gasteiger partial charge in [0.15, 0.2) is 0 Å². The maximum Gasteiger partial charge on any atom is 0.128 e. The molecule has 19 heavy (non-hydrogen) atoms. The summed E-state index contributed by atoms with van der Waals surface area (Å²) < 4.78 is 14.1. The standard InChI is InChI=1S/C16H27FN2/c1-4-5-6-7-8-9-15(19-18)16-13(3)10-12(2)11-14(16)17/h10-11,15,19H,4-9,18H2,1-3H3. The van der Waals surface area contributed by atoms with Gasteiger partial charge in [0.2, 0.25) is 0 Å². The average Bonchev–Trinajstić information content (AvgIpc) is 2.35. The second-order valence-electron chi connectivity index (χ2n) is 5.40.